The number of carbonyl (C=O) groups is 1. The Morgan fingerprint density at radius 3 is 3.00 bits per heavy atom. The van der Waals surface area contributed by atoms with Gasteiger partial charge in [0.25, 0.3) is 5.56 Å². The zero-order valence-electron chi connectivity index (χ0n) is 13.8. The van der Waals surface area contributed by atoms with Gasteiger partial charge in [-0.2, -0.15) is 5.26 Å². The van der Waals surface area contributed by atoms with Crippen molar-refractivity contribution in [1.29, 1.82) is 5.26 Å². The predicted molar refractivity (Wildman–Crippen MR) is 97.8 cm³/mol. The molecule has 0 bridgehead atoms. The van der Waals surface area contributed by atoms with Crippen LogP contribution in [0.25, 0.3) is 11.0 Å². The third-order valence-electron chi connectivity index (χ3n) is 3.42. The summed E-state index contributed by atoms with van der Waals surface area (Å²) in [4.78, 5) is 37.2. The van der Waals surface area contributed by atoms with Gasteiger partial charge in [0.2, 0.25) is 5.91 Å². The van der Waals surface area contributed by atoms with E-state index in [0.29, 0.717) is 22.1 Å². The van der Waals surface area contributed by atoms with Gasteiger partial charge in [-0.25, -0.2) is 15.0 Å². The molecule has 2 heterocycles. The molecule has 1 N–H and O–H groups in total. The molecule has 0 saturated carbocycles. The molecule has 130 valence electrons. The van der Waals surface area contributed by atoms with Crippen molar-refractivity contribution in [2.24, 2.45) is 0 Å². The molecule has 0 atom stereocenters. The lowest BCUT2D eigenvalue weighted by molar-refractivity contribution is -0.116. The number of rotatable bonds is 5. The van der Waals surface area contributed by atoms with Gasteiger partial charge in [0.15, 0.2) is 10.8 Å². The average Bonchev–Trinajstić information content (AvgIpc) is 2.64. The summed E-state index contributed by atoms with van der Waals surface area (Å²) in [6, 6.07) is 8.53. The second-order valence-corrected chi connectivity index (χ2v) is 6.47. The molecule has 0 aliphatic carbocycles. The van der Waals surface area contributed by atoms with E-state index in [-0.39, 0.29) is 17.5 Å². The van der Waals surface area contributed by atoms with Crippen molar-refractivity contribution in [3.63, 3.8) is 0 Å². The van der Waals surface area contributed by atoms with E-state index in [9.17, 15) is 9.59 Å². The number of anilines is 1. The van der Waals surface area contributed by atoms with Gasteiger partial charge >= 0.3 is 0 Å². The molecule has 26 heavy (non-hydrogen) atoms. The monoisotopic (exact) mass is 366 g/mol. The van der Waals surface area contributed by atoms with E-state index < -0.39 is 5.91 Å². The molecule has 2 aromatic heterocycles. The van der Waals surface area contributed by atoms with Crippen LogP contribution in [0.1, 0.15) is 12.5 Å². The minimum absolute atomic E-state index is 0.204. The van der Waals surface area contributed by atoms with Crippen LogP contribution in [0, 0.1) is 11.3 Å². The summed E-state index contributed by atoms with van der Waals surface area (Å²) in [6.45, 7) is 1.78. The van der Waals surface area contributed by atoms with E-state index >= 15 is 0 Å². The molecular formula is C17H14N6O2S. The normalized spacial score (nSPS) is 10.5. The maximum absolute atomic E-state index is 12.5. The minimum atomic E-state index is -0.401. The topological polar surface area (TPSA) is 114 Å². The number of nitrogens with zero attached hydrogens (tertiary/aromatic N) is 5. The molecule has 0 spiro atoms. The number of fused-ring (bicyclic) bond motifs is 1. The lowest BCUT2D eigenvalue weighted by atomic mass is 10.2. The van der Waals surface area contributed by atoms with Gasteiger partial charge in [0.1, 0.15) is 18.3 Å². The maximum Gasteiger partial charge on any atom is 0.264 e. The molecule has 0 aliphatic rings. The van der Waals surface area contributed by atoms with Crippen LogP contribution < -0.4 is 10.9 Å². The van der Waals surface area contributed by atoms with Gasteiger partial charge < -0.3 is 5.32 Å². The van der Waals surface area contributed by atoms with E-state index in [2.05, 4.69) is 20.3 Å². The summed E-state index contributed by atoms with van der Waals surface area (Å²) in [5.41, 5.74) is 0.842. The number of thioether (sulfide) groups is 1. The summed E-state index contributed by atoms with van der Waals surface area (Å²) in [7, 11) is 0. The van der Waals surface area contributed by atoms with Gasteiger partial charge in [0.05, 0.1) is 11.6 Å². The van der Waals surface area contributed by atoms with Crippen LogP contribution >= 0.6 is 11.8 Å². The highest BCUT2D eigenvalue weighted by molar-refractivity contribution is 7.99. The lowest BCUT2D eigenvalue weighted by Gasteiger charge is -2.08. The predicted octanol–water partition coefficient (Wildman–Crippen LogP) is 1.81. The standard InChI is InChI=1S/C17H14N6O2S/c1-2-26-17-19-8-13-15(22-17)20-10-23(16(13)25)9-14(24)21-12-5-3-4-11(6-12)7-18/h3-6,8,10H,2,9H2,1H3,(H,21,24). The van der Waals surface area contributed by atoms with E-state index in [1.54, 1.807) is 24.3 Å². The summed E-state index contributed by atoms with van der Waals surface area (Å²) in [5.74, 6) is 0.415. The van der Waals surface area contributed by atoms with Crippen molar-refractivity contribution in [3.8, 4) is 6.07 Å². The first-order valence-corrected chi connectivity index (χ1v) is 8.74. The van der Waals surface area contributed by atoms with Crippen molar-refractivity contribution in [2.45, 2.75) is 18.6 Å². The van der Waals surface area contributed by atoms with Crippen molar-refractivity contribution in [3.05, 3.63) is 52.7 Å². The number of benzene rings is 1. The van der Waals surface area contributed by atoms with Crippen LogP contribution in [0.5, 0.6) is 0 Å². The Labute approximate surface area is 152 Å². The summed E-state index contributed by atoms with van der Waals surface area (Å²) in [5, 5.41) is 12.4. The molecule has 0 fully saturated rings. The largest absolute Gasteiger partial charge is 0.324 e. The first kappa shape index (κ1) is 17.6. The number of aromatic nitrogens is 4. The fourth-order valence-corrected chi connectivity index (χ4v) is 2.81. The Morgan fingerprint density at radius 2 is 2.23 bits per heavy atom. The highest BCUT2D eigenvalue weighted by atomic mass is 32.2. The van der Waals surface area contributed by atoms with Crippen LogP contribution in [-0.2, 0) is 11.3 Å². The van der Waals surface area contributed by atoms with Crippen molar-refractivity contribution in [1.82, 2.24) is 19.5 Å². The molecular weight excluding hydrogens is 352 g/mol. The highest BCUT2D eigenvalue weighted by Gasteiger charge is 2.11. The maximum atomic E-state index is 12.5. The molecule has 0 saturated heterocycles. The first-order chi connectivity index (χ1) is 12.6. The fourth-order valence-electron chi connectivity index (χ4n) is 2.27. The molecule has 9 heteroatoms. The Balaban J connectivity index is 1.81. The summed E-state index contributed by atoms with van der Waals surface area (Å²) in [6.07, 6.45) is 2.73. The van der Waals surface area contributed by atoms with Gasteiger partial charge in [-0.3, -0.25) is 14.2 Å². The van der Waals surface area contributed by atoms with Gasteiger partial charge in [0, 0.05) is 11.9 Å². The lowest BCUT2D eigenvalue weighted by Crippen LogP contribution is -2.28. The number of nitriles is 1. The number of nitrogens with one attached hydrogen (secondary N) is 1. The molecule has 1 amide bonds. The zero-order valence-corrected chi connectivity index (χ0v) is 14.7. The molecule has 3 rings (SSSR count). The van der Waals surface area contributed by atoms with Crippen molar-refractivity contribution < 1.29 is 4.79 Å². The Hall–Kier alpha value is -3.25. The highest BCUT2D eigenvalue weighted by Crippen LogP contribution is 2.13. The van der Waals surface area contributed by atoms with Gasteiger partial charge in [-0.05, 0) is 24.0 Å². The van der Waals surface area contributed by atoms with Crippen LogP contribution in [-0.4, -0.2) is 31.2 Å². The second kappa shape index (κ2) is 7.76. The number of carbonyl (C=O) groups excluding carboxylic acids is 1. The van der Waals surface area contributed by atoms with Crippen LogP contribution in [0.2, 0.25) is 0 Å². The number of hydrogen-bond acceptors (Lipinski definition) is 7. The van der Waals surface area contributed by atoms with Crippen molar-refractivity contribution in [2.75, 3.05) is 11.1 Å². The van der Waals surface area contributed by atoms with E-state index in [1.165, 1.54) is 28.9 Å². The number of hydrogen-bond donors (Lipinski definition) is 1. The fraction of sp³-hybridized carbons (Fsp3) is 0.176. The smallest absolute Gasteiger partial charge is 0.264 e. The first-order valence-electron chi connectivity index (χ1n) is 7.75. The molecule has 8 nitrogen and oxygen atoms in total. The SMILES string of the molecule is CCSc1ncc2c(=O)n(CC(=O)Nc3cccc(C#N)c3)cnc2n1. The van der Waals surface area contributed by atoms with Crippen molar-refractivity contribution >= 4 is 34.4 Å². The summed E-state index contributed by atoms with van der Waals surface area (Å²) >= 11 is 1.46. The molecule has 1 aromatic carbocycles. The second-order valence-electron chi connectivity index (χ2n) is 5.24. The third kappa shape index (κ3) is 3.87. The Bertz CT molecular complexity index is 1070. The number of amides is 1. The van der Waals surface area contributed by atoms with Gasteiger partial charge in [-0.15, -0.1) is 0 Å². The van der Waals surface area contributed by atoms with E-state index in [4.69, 9.17) is 5.26 Å². The Kier molecular flexibility index (Phi) is 5.24. The minimum Gasteiger partial charge on any atom is -0.324 e. The van der Waals surface area contributed by atoms with E-state index in [0.717, 1.165) is 5.75 Å². The van der Waals surface area contributed by atoms with E-state index in [1.807, 2.05) is 13.0 Å². The average molecular weight is 366 g/mol. The van der Waals surface area contributed by atoms with Crippen LogP contribution in [0.15, 0.2) is 46.7 Å². The van der Waals surface area contributed by atoms with Crippen LogP contribution in [0.4, 0.5) is 5.69 Å². The van der Waals surface area contributed by atoms with Gasteiger partial charge in [-0.1, -0.05) is 24.8 Å². The quantitative estimate of drug-likeness (QED) is 0.541. The molecule has 0 radical (unpaired) electrons. The van der Waals surface area contributed by atoms with Crippen LogP contribution in [0.3, 0.4) is 0 Å². The molecule has 3 aromatic rings. The zero-order chi connectivity index (χ0) is 18.5. The molecule has 0 aliphatic heterocycles. The third-order valence-corrected chi connectivity index (χ3v) is 4.16. The summed E-state index contributed by atoms with van der Waals surface area (Å²) < 4.78 is 1.20. The molecule has 0 unspecified atom stereocenters. The Morgan fingerprint density at radius 1 is 1.38 bits per heavy atom.